The van der Waals surface area contributed by atoms with Gasteiger partial charge in [0.15, 0.2) is 0 Å². The smallest absolute Gasteiger partial charge is 0.237 e. The third kappa shape index (κ3) is 5.38. The molecule has 0 saturated heterocycles. The van der Waals surface area contributed by atoms with Crippen LogP contribution in [-0.2, 0) is 15.6 Å². The number of carbonyl (C=O) groups is 1. The molecule has 0 aliphatic heterocycles. The first-order chi connectivity index (χ1) is 8.79. The molecule has 0 saturated carbocycles. The highest BCUT2D eigenvalue weighted by Gasteiger charge is 2.13. The fourth-order valence-corrected chi connectivity index (χ4v) is 3.26. The summed E-state index contributed by atoms with van der Waals surface area (Å²) in [4.78, 5) is 11.7. The Hall–Kier alpha value is -0.780. The van der Waals surface area contributed by atoms with Crippen LogP contribution in [0.4, 0.5) is 11.4 Å². The third-order valence-corrected chi connectivity index (χ3v) is 4.30. The van der Waals surface area contributed by atoms with Crippen LogP contribution in [-0.4, -0.2) is 21.6 Å². The highest BCUT2D eigenvalue weighted by molar-refractivity contribution is 7.85. The van der Waals surface area contributed by atoms with Crippen LogP contribution in [0.2, 0.25) is 10.0 Å². The van der Waals surface area contributed by atoms with Crippen LogP contribution in [0.25, 0.3) is 0 Å². The zero-order valence-corrected chi connectivity index (χ0v) is 13.0. The maximum atomic E-state index is 11.7. The van der Waals surface area contributed by atoms with Gasteiger partial charge in [-0.05, 0) is 18.1 Å². The summed E-state index contributed by atoms with van der Waals surface area (Å²) >= 11 is 11.7. The molecule has 4 nitrogen and oxygen atoms in total. The number of halogens is 2. The minimum Gasteiger partial charge on any atom is -0.397 e. The second-order valence-electron chi connectivity index (χ2n) is 4.54. The summed E-state index contributed by atoms with van der Waals surface area (Å²) in [5.41, 5.74) is 6.30. The number of hydrogen-bond acceptors (Lipinski definition) is 3. The van der Waals surface area contributed by atoms with E-state index in [0.29, 0.717) is 16.5 Å². The second-order valence-corrected chi connectivity index (χ2v) is 6.89. The van der Waals surface area contributed by atoms with Crippen LogP contribution in [0.3, 0.4) is 0 Å². The molecule has 0 aromatic heterocycles. The van der Waals surface area contributed by atoms with E-state index in [-0.39, 0.29) is 28.3 Å². The first kappa shape index (κ1) is 16.3. The zero-order chi connectivity index (χ0) is 14.6. The van der Waals surface area contributed by atoms with Crippen molar-refractivity contribution in [3.05, 3.63) is 22.2 Å². The van der Waals surface area contributed by atoms with Crippen LogP contribution >= 0.6 is 23.2 Å². The van der Waals surface area contributed by atoms with Crippen molar-refractivity contribution < 1.29 is 9.00 Å². The van der Waals surface area contributed by atoms with Crippen molar-refractivity contribution in [2.45, 2.75) is 13.8 Å². The van der Waals surface area contributed by atoms with Gasteiger partial charge in [0.1, 0.15) is 5.75 Å². The number of carbonyl (C=O) groups excluding carboxylic acids is 1. The predicted molar refractivity (Wildman–Crippen MR) is 82.2 cm³/mol. The molecule has 1 aromatic carbocycles. The van der Waals surface area contributed by atoms with Crippen molar-refractivity contribution in [3.63, 3.8) is 0 Å². The summed E-state index contributed by atoms with van der Waals surface area (Å²) in [6, 6.07) is 2.98. The minimum atomic E-state index is -1.19. The standard InChI is InChI=1S/C12H16Cl2N2O2S/c1-7(2)5-19(18)6-11(17)16-12-9(14)3-8(13)4-10(12)15/h3-4,7H,5-6,15H2,1-2H3,(H,16,17). The molecule has 19 heavy (non-hydrogen) atoms. The molecule has 0 aliphatic rings. The Bertz CT molecular complexity index is 483. The van der Waals surface area contributed by atoms with E-state index in [2.05, 4.69) is 5.32 Å². The molecule has 0 spiro atoms. The van der Waals surface area contributed by atoms with Crippen molar-refractivity contribution in [2.75, 3.05) is 22.6 Å². The van der Waals surface area contributed by atoms with Crippen LogP contribution in [0.1, 0.15) is 13.8 Å². The van der Waals surface area contributed by atoms with Crippen molar-refractivity contribution in [2.24, 2.45) is 5.92 Å². The Morgan fingerprint density at radius 3 is 2.58 bits per heavy atom. The fourth-order valence-electron chi connectivity index (χ4n) is 1.48. The van der Waals surface area contributed by atoms with Gasteiger partial charge < -0.3 is 11.1 Å². The molecule has 0 heterocycles. The van der Waals surface area contributed by atoms with Gasteiger partial charge in [-0.2, -0.15) is 0 Å². The fraction of sp³-hybridized carbons (Fsp3) is 0.417. The number of anilines is 2. The molecule has 1 unspecified atom stereocenters. The Morgan fingerprint density at radius 2 is 2.05 bits per heavy atom. The molecule has 1 rings (SSSR count). The molecule has 0 radical (unpaired) electrons. The Labute approximate surface area is 125 Å². The van der Waals surface area contributed by atoms with Gasteiger partial charge in [-0.25, -0.2) is 0 Å². The maximum Gasteiger partial charge on any atom is 0.237 e. The van der Waals surface area contributed by atoms with Gasteiger partial charge in [-0.3, -0.25) is 9.00 Å². The molecule has 0 aliphatic carbocycles. The van der Waals surface area contributed by atoms with E-state index in [1.807, 2.05) is 13.8 Å². The van der Waals surface area contributed by atoms with E-state index in [1.165, 1.54) is 12.1 Å². The Morgan fingerprint density at radius 1 is 1.42 bits per heavy atom. The molecular weight excluding hydrogens is 307 g/mol. The third-order valence-electron chi connectivity index (χ3n) is 2.16. The lowest BCUT2D eigenvalue weighted by atomic mass is 10.2. The zero-order valence-electron chi connectivity index (χ0n) is 10.7. The average molecular weight is 323 g/mol. The van der Waals surface area contributed by atoms with Crippen molar-refractivity contribution >= 4 is 51.3 Å². The Kier molecular flexibility index (Phi) is 6.10. The lowest BCUT2D eigenvalue weighted by Gasteiger charge is -2.11. The lowest BCUT2D eigenvalue weighted by molar-refractivity contribution is -0.113. The highest BCUT2D eigenvalue weighted by Crippen LogP contribution is 2.31. The normalized spacial score (nSPS) is 12.5. The number of nitrogen functional groups attached to an aromatic ring is 1. The van der Waals surface area contributed by atoms with E-state index in [0.717, 1.165) is 0 Å². The van der Waals surface area contributed by atoms with E-state index in [4.69, 9.17) is 28.9 Å². The topological polar surface area (TPSA) is 72.2 Å². The first-order valence-corrected chi connectivity index (χ1v) is 7.93. The van der Waals surface area contributed by atoms with Crippen molar-refractivity contribution in [3.8, 4) is 0 Å². The first-order valence-electron chi connectivity index (χ1n) is 5.69. The summed E-state index contributed by atoms with van der Waals surface area (Å²) in [5.74, 6) is 0.307. The summed E-state index contributed by atoms with van der Waals surface area (Å²) in [6.45, 7) is 3.90. The van der Waals surface area contributed by atoms with Gasteiger partial charge in [0.25, 0.3) is 0 Å². The monoisotopic (exact) mass is 322 g/mol. The van der Waals surface area contributed by atoms with Gasteiger partial charge in [-0.1, -0.05) is 37.0 Å². The van der Waals surface area contributed by atoms with Gasteiger partial charge in [0.05, 0.1) is 16.4 Å². The molecular formula is C12H16Cl2N2O2S. The van der Waals surface area contributed by atoms with Crippen molar-refractivity contribution in [1.82, 2.24) is 0 Å². The quantitative estimate of drug-likeness (QED) is 0.818. The van der Waals surface area contributed by atoms with Gasteiger partial charge in [-0.15, -0.1) is 0 Å². The van der Waals surface area contributed by atoms with Crippen LogP contribution < -0.4 is 11.1 Å². The summed E-state index contributed by atoms with van der Waals surface area (Å²) in [7, 11) is -1.19. The van der Waals surface area contributed by atoms with E-state index in [1.54, 1.807) is 0 Å². The summed E-state index contributed by atoms with van der Waals surface area (Å²) in [5, 5.41) is 3.21. The number of nitrogens with one attached hydrogen (secondary N) is 1. The molecule has 1 atom stereocenters. The van der Waals surface area contributed by atoms with Crippen LogP contribution in [0.5, 0.6) is 0 Å². The highest BCUT2D eigenvalue weighted by atomic mass is 35.5. The van der Waals surface area contributed by atoms with Crippen molar-refractivity contribution in [1.29, 1.82) is 0 Å². The van der Waals surface area contributed by atoms with Gasteiger partial charge >= 0.3 is 0 Å². The number of rotatable bonds is 5. The minimum absolute atomic E-state index is 0.0728. The Balaban J connectivity index is 2.70. The summed E-state index contributed by atoms with van der Waals surface area (Å²) < 4.78 is 11.6. The van der Waals surface area contributed by atoms with Gasteiger partial charge in [0.2, 0.25) is 5.91 Å². The van der Waals surface area contributed by atoms with E-state index < -0.39 is 10.8 Å². The molecule has 1 amide bonds. The second kappa shape index (κ2) is 7.12. The lowest BCUT2D eigenvalue weighted by Crippen LogP contribution is -2.22. The van der Waals surface area contributed by atoms with E-state index in [9.17, 15) is 9.00 Å². The maximum absolute atomic E-state index is 11.7. The number of nitrogens with two attached hydrogens (primary N) is 1. The van der Waals surface area contributed by atoms with Crippen LogP contribution in [0.15, 0.2) is 12.1 Å². The molecule has 3 N–H and O–H groups in total. The van der Waals surface area contributed by atoms with Crippen LogP contribution in [0, 0.1) is 5.92 Å². The number of amides is 1. The number of hydrogen-bond donors (Lipinski definition) is 2. The SMILES string of the molecule is CC(C)CS(=O)CC(=O)Nc1c(N)cc(Cl)cc1Cl. The number of benzene rings is 1. The molecule has 1 aromatic rings. The van der Waals surface area contributed by atoms with Gasteiger partial charge in [0, 0.05) is 21.6 Å². The molecule has 0 fully saturated rings. The largest absolute Gasteiger partial charge is 0.397 e. The molecule has 7 heteroatoms. The molecule has 0 bridgehead atoms. The average Bonchev–Trinajstić information content (AvgIpc) is 2.21. The predicted octanol–water partition coefficient (Wildman–Crippen LogP) is 2.92. The molecule has 106 valence electrons. The summed E-state index contributed by atoms with van der Waals surface area (Å²) in [6.07, 6.45) is 0. The van der Waals surface area contributed by atoms with E-state index >= 15 is 0 Å².